The van der Waals surface area contributed by atoms with Crippen LogP contribution in [0.3, 0.4) is 0 Å². The van der Waals surface area contributed by atoms with E-state index in [9.17, 15) is 8.42 Å². The Labute approximate surface area is 158 Å². The highest BCUT2D eigenvalue weighted by Crippen LogP contribution is 2.32. The van der Waals surface area contributed by atoms with E-state index in [-0.39, 0.29) is 4.90 Å². The lowest BCUT2D eigenvalue weighted by Gasteiger charge is -2.26. The molecular weight excluding hydrogens is 368 g/mol. The van der Waals surface area contributed by atoms with Gasteiger partial charge in [-0.25, -0.2) is 8.42 Å². The number of fused-ring (bicyclic) bond motifs is 1. The van der Waals surface area contributed by atoms with E-state index < -0.39 is 10.0 Å². The van der Waals surface area contributed by atoms with Gasteiger partial charge in [0.1, 0.15) is 0 Å². The number of aryl methyl sites for hydroxylation is 1. The zero-order valence-electron chi connectivity index (χ0n) is 14.4. The number of rotatable bonds is 3. The second kappa shape index (κ2) is 6.58. The lowest BCUT2D eigenvalue weighted by molar-refractivity contribution is 0.441. The summed E-state index contributed by atoms with van der Waals surface area (Å²) in [5, 5.41) is 1.71. The summed E-state index contributed by atoms with van der Waals surface area (Å²) >= 11 is 5.86. The van der Waals surface area contributed by atoms with Crippen LogP contribution < -0.4 is 0 Å². The average Bonchev–Trinajstić information content (AvgIpc) is 3.08. The molecule has 0 aliphatic carbocycles. The Bertz CT molecular complexity index is 1100. The Kier molecular flexibility index (Phi) is 4.39. The number of nitrogens with one attached hydrogen (secondary N) is 1. The summed E-state index contributed by atoms with van der Waals surface area (Å²) < 4.78 is 27.1. The van der Waals surface area contributed by atoms with Crippen LogP contribution in [-0.4, -0.2) is 30.8 Å². The van der Waals surface area contributed by atoms with Crippen molar-refractivity contribution in [2.24, 2.45) is 0 Å². The van der Waals surface area contributed by atoms with Gasteiger partial charge < -0.3 is 4.98 Å². The van der Waals surface area contributed by atoms with Crippen molar-refractivity contribution in [2.45, 2.75) is 18.2 Å². The molecule has 2 heterocycles. The van der Waals surface area contributed by atoms with Gasteiger partial charge in [0.15, 0.2) is 0 Å². The molecule has 0 atom stereocenters. The van der Waals surface area contributed by atoms with Crippen molar-refractivity contribution in [1.29, 1.82) is 0 Å². The molecule has 1 aliphatic rings. The lowest BCUT2D eigenvalue weighted by atomic mass is 9.99. The minimum absolute atomic E-state index is 0.279. The lowest BCUT2D eigenvalue weighted by Crippen LogP contribution is -2.34. The van der Waals surface area contributed by atoms with Crippen molar-refractivity contribution in [3.05, 3.63) is 70.9 Å². The van der Waals surface area contributed by atoms with Gasteiger partial charge in [-0.05, 0) is 48.7 Å². The summed E-state index contributed by atoms with van der Waals surface area (Å²) in [5.74, 6) is 0. The molecule has 4 rings (SSSR count). The molecule has 0 fully saturated rings. The molecule has 0 amide bonds. The third-order valence-corrected chi connectivity index (χ3v) is 7.02. The first-order chi connectivity index (χ1) is 12.5. The second-order valence-corrected chi connectivity index (χ2v) is 8.87. The van der Waals surface area contributed by atoms with E-state index in [0.29, 0.717) is 24.5 Å². The third-order valence-electron chi connectivity index (χ3n) is 4.89. The molecule has 3 aromatic rings. The molecule has 1 aromatic heterocycles. The molecule has 0 bridgehead atoms. The van der Waals surface area contributed by atoms with E-state index in [1.807, 2.05) is 12.3 Å². The number of sulfonamides is 1. The summed E-state index contributed by atoms with van der Waals surface area (Å²) in [6, 6.07) is 12.6. The zero-order valence-corrected chi connectivity index (χ0v) is 15.9. The molecule has 2 aromatic carbocycles. The van der Waals surface area contributed by atoms with Gasteiger partial charge in [0.25, 0.3) is 0 Å². The van der Waals surface area contributed by atoms with Crippen molar-refractivity contribution < 1.29 is 8.42 Å². The number of hydrogen-bond donors (Lipinski definition) is 1. The number of para-hydroxylation sites is 1. The van der Waals surface area contributed by atoms with Gasteiger partial charge in [-0.1, -0.05) is 35.9 Å². The van der Waals surface area contributed by atoms with E-state index in [1.54, 1.807) is 24.3 Å². The van der Waals surface area contributed by atoms with Gasteiger partial charge >= 0.3 is 0 Å². The highest BCUT2D eigenvalue weighted by atomic mass is 35.5. The minimum atomic E-state index is -3.50. The highest BCUT2D eigenvalue weighted by molar-refractivity contribution is 7.89. The SMILES string of the molecule is Cc1cccc2c(C3=CCN(S(=O)(=O)c4ccc(Cl)cc4)CC3)c[nH]c12. The van der Waals surface area contributed by atoms with Crippen LogP contribution in [0.5, 0.6) is 0 Å². The molecule has 1 N–H and O–H groups in total. The van der Waals surface area contributed by atoms with Crippen LogP contribution in [0.15, 0.2) is 59.6 Å². The molecule has 1 aliphatic heterocycles. The Morgan fingerprint density at radius 1 is 1.12 bits per heavy atom. The first-order valence-electron chi connectivity index (χ1n) is 8.48. The first-order valence-corrected chi connectivity index (χ1v) is 10.3. The first kappa shape index (κ1) is 17.3. The van der Waals surface area contributed by atoms with Crippen molar-refractivity contribution >= 4 is 38.1 Å². The molecule has 0 saturated heterocycles. The van der Waals surface area contributed by atoms with Crippen molar-refractivity contribution in [3.63, 3.8) is 0 Å². The van der Waals surface area contributed by atoms with Gasteiger partial charge in [-0.15, -0.1) is 0 Å². The van der Waals surface area contributed by atoms with Crippen LogP contribution in [-0.2, 0) is 10.0 Å². The number of hydrogen-bond acceptors (Lipinski definition) is 2. The normalized spacial score (nSPS) is 16.0. The van der Waals surface area contributed by atoms with E-state index in [4.69, 9.17) is 11.6 Å². The third kappa shape index (κ3) is 2.96. The minimum Gasteiger partial charge on any atom is -0.360 e. The topological polar surface area (TPSA) is 53.2 Å². The van der Waals surface area contributed by atoms with E-state index >= 15 is 0 Å². The second-order valence-electron chi connectivity index (χ2n) is 6.50. The molecule has 0 unspecified atom stereocenters. The summed E-state index contributed by atoms with van der Waals surface area (Å²) in [7, 11) is -3.50. The monoisotopic (exact) mass is 386 g/mol. The van der Waals surface area contributed by atoms with Gasteiger partial charge in [0.05, 0.1) is 4.90 Å². The van der Waals surface area contributed by atoms with Crippen LogP contribution in [0.4, 0.5) is 0 Å². The van der Waals surface area contributed by atoms with Crippen LogP contribution >= 0.6 is 11.6 Å². The largest absolute Gasteiger partial charge is 0.360 e. The van der Waals surface area contributed by atoms with E-state index in [0.717, 1.165) is 11.1 Å². The van der Waals surface area contributed by atoms with E-state index in [2.05, 4.69) is 30.1 Å². The standard InChI is InChI=1S/C20H19ClN2O2S/c1-14-3-2-4-18-19(13-22-20(14)18)15-9-11-23(12-10-15)26(24,25)17-7-5-16(21)6-8-17/h2-9,13,22H,10-12H2,1H3. The Hall–Kier alpha value is -2.08. The molecular formula is C20H19ClN2O2S. The number of H-pyrrole nitrogens is 1. The summed E-state index contributed by atoms with van der Waals surface area (Å²) in [4.78, 5) is 3.62. The van der Waals surface area contributed by atoms with Gasteiger partial charge in [-0.3, -0.25) is 0 Å². The van der Waals surface area contributed by atoms with Gasteiger partial charge in [0.2, 0.25) is 10.0 Å². The number of aromatic nitrogens is 1. The Balaban J connectivity index is 1.62. The molecule has 26 heavy (non-hydrogen) atoms. The summed E-state index contributed by atoms with van der Waals surface area (Å²) in [6.07, 6.45) is 4.72. The van der Waals surface area contributed by atoms with Crippen LogP contribution in [0.1, 0.15) is 17.5 Å². The fraction of sp³-hybridized carbons (Fsp3) is 0.200. The van der Waals surface area contributed by atoms with Crippen molar-refractivity contribution in [3.8, 4) is 0 Å². The fourth-order valence-corrected chi connectivity index (χ4v) is 4.95. The molecule has 0 spiro atoms. The Morgan fingerprint density at radius 2 is 1.88 bits per heavy atom. The maximum Gasteiger partial charge on any atom is 0.243 e. The van der Waals surface area contributed by atoms with Gasteiger partial charge in [-0.2, -0.15) is 4.31 Å². The molecule has 0 saturated carbocycles. The smallest absolute Gasteiger partial charge is 0.243 e. The molecule has 134 valence electrons. The average molecular weight is 387 g/mol. The zero-order chi connectivity index (χ0) is 18.3. The highest BCUT2D eigenvalue weighted by Gasteiger charge is 2.26. The predicted octanol–water partition coefficient (Wildman–Crippen LogP) is 4.61. The Morgan fingerprint density at radius 3 is 2.58 bits per heavy atom. The van der Waals surface area contributed by atoms with E-state index in [1.165, 1.54) is 20.8 Å². The quantitative estimate of drug-likeness (QED) is 0.714. The maximum absolute atomic E-state index is 12.8. The number of benzene rings is 2. The van der Waals surface area contributed by atoms with Crippen LogP contribution in [0, 0.1) is 6.92 Å². The summed E-state index contributed by atoms with van der Waals surface area (Å²) in [5.41, 5.74) is 4.69. The number of nitrogens with zero attached hydrogens (tertiary/aromatic N) is 1. The predicted molar refractivity (Wildman–Crippen MR) is 106 cm³/mol. The number of halogens is 1. The maximum atomic E-state index is 12.8. The van der Waals surface area contributed by atoms with Crippen LogP contribution in [0.25, 0.3) is 16.5 Å². The van der Waals surface area contributed by atoms with Crippen molar-refractivity contribution in [2.75, 3.05) is 13.1 Å². The number of aromatic amines is 1. The fourth-order valence-electron chi connectivity index (χ4n) is 3.44. The summed E-state index contributed by atoms with van der Waals surface area (Å²) in [6.45, 7) is 2.92. The molecule has 4 nitrogen and oxygen atoms in total. The molecule has 6 heteroatoms. The van der Waals surface area contributed by atoms with Gasteiger partial charge in [0, 0.05) is 40.8 Å². The molecule has 0 radical (unpaired) electrons. The van der Waals surface area contributed by atoms with Crippen molar-refractivity contribution in [1.82, 2.24) is 9.29 Å². The van der Waals surface area contributed by atoms with Crippen LogP contribution in [0.2, 0.25) is 5.02 Å².